The monoisotopic (exact) mass is 289 g/mol. The molecule has 2 rings (SSSR count). The molecule has 4 heteroatoms. The first-order valence-corrected chi connectivity index (χ1v) is 7.76. The third kappa shape index (κ3) is 2.86. The van der Waals surface area contributed by atoms with E-state index < -0.39 is 0 Å². The lowest BCUT2D eigenvalue weighted by Crippen LogP contribution is -2.10. The highest BCUT2D eigenvalue weighted by Crippen LogP contribution is 2.34. The van der Waals surface area contributed by atoms with E-state index in [1.165, 1.54) is 21.7 Å². The summed E-state index contributed by atoms with van der Waals surface area (Å²) >= 11 is 1.69. The van der Waals surface area contributed by atoms with Crippen molar-refractivity contribution in [1.82, 2.24) is 4.98 Å². The minimum atomic E-state index is 0.408. The molecule has 3 nitrogen and oxygen atoms in total. The van der Waals surface area contributed by atoms with Gasteiger partial charge in [-0.1, -0.05) is 42.9 Å². The number of nitrogens with two attached hydrogens (primary N) is 1. The zero-order valence-electron chi connectivity index (χ0n) is 12.9. The molecule has 0 aliphatic carbocycles. The first-order valence-electron chi connectivity index (χ1n) is 6.94. The number of thiazole rings is 1. The van der Waals surface area contributed by atoms with Crippen LogP contribution in [0.2, 0.25) is 0 Å². The van der Waals surface area contributed by atoms with Crippen LogP contribution in [0.1, 0.15) is 41.5 Å². The third-order valence-electron chi connectivity index (χ3n) is 3.45. The molecule has 0 amide bonds. The molecular weight excluding hydrogens is 266 g/mol. The van der Waals surface area contributed by atoms with Gasteiger partial charge in [-0.05, 0) is 31.4 Å². The third-order valence-corrected chi connectivity index (χ3v) is 4.62. The SMILES string of the molecule is Cc1ccc(N(C)c2nc(C(C)C)c(CN)s2)c(C)c1. The summed E-state index contributed by atoms with van der Waals surface area (Å²) in [6.07, 6.45) is 0. The normalized spacial score (nSPS) is 11.2. The van der Waals surface area contributed by atoms with Crippen LogP contribution >= 0.6 is 11.3 Å². The number of nitrogens with zero attached hydrogens (tertiary/aromatic N) is 2. The van der Waals surface area contributed by atoms with Gasteiger partial charge in [0.2, 0.25) is 0 Å². The summed E-state index contributed by atoms with van der Waals surface area (Å²) in [4.78, 5) is 8.13. The minimum absolute atomic E-state index is 0.408. The van der Waals surface area contributed by atoms with E-state index in [-0.39, 0.29) is 0 Å². The van der Waals surface area contributed by atoms with Crippen molar-refractivity contribution < 1.29 is 0 Å². The van der Waals surface area contributed by atoms with Crippen LogP contribution in [-0.4, -0.2) is 12.0 Å². The van der Waals surface area contributed by atoms with Gasteiger partial charge in [-0.3, -0.25) is 0 Å². The molecule has 1 heterocycles. The molecule has 0 saturated carbocycles. The van der Waals surface area contributed by atoms with Gasteiger partial charge in [-0.15, -0.1) is 0 Å². The van der Waals surface area contributed by atoms with Gasteiger partial charge in [0.25, 0.3) is 0 Å². The number of rotatable bonds is 4. The molecule has 2 aromatic rings. The van der Waals surface area contributed by atoms with Gasteiger partial charge in [-0.2, -0.15) is 0 Å². The van der Waals surface area contributed by atoms with Crippen LogP contribution in [0.3, 0.4) is 0 Å². The molecule has 0 aliphatic rings. The van der Waals surface area contributed by atoms with Gasteiger partial charge in [0.15, 0.2) is 5.13 Å². The van der Waals surface area contributed by atoms with Gasteiger partial charge >= 0.3 is 0 Å². The van der Waals surface area contributed by atoms with E-state index in [2.05, 4.69) is 57.8 Å². The molecule has 20 heavy (non-hydrogen) atoms. The molecule has 0 bridgehead atoms. The lowest BCUT2D eigenvalue weighted by Gasteiger charge is -2.18. The van der Waals surface area contributed by atoms with E-state index in [0.29, 0.717) is 12.5 Å². The van der Waals surface area contributed by atoms with Crippen LogP contribution in [0.4, 0.5) is 10.8 Å². The maximum Gasteiger partial charge on any atom is 0.190 e. The number of benzene rings is 1. The smallest absolute Gasteiger partial charge is 0.190 e. The molecule has 108 valence electrons. The Labute approximate surface area is 125 Å². The molecule has 2 N–H and O–H groups in total. The molecule has 0 fully saturated rings. The first-order chi connectivity index (χ1) is 9.43. The molecule has 1 aromatic heterocycles. The fraction of sp³-hybridized carbons (Fsp3) is 0.438. The lowest BCUT2D eigenvalue weighted by atomic mass is 10.1. The Morgan fingerprint density at radius 3 is 2.50 bits per heavy atom. The van der Waals surface area contributed by atoms with Crippen molar-refractivity contribution in [3.63, 3.8) is 0 Å². The molecule has 0 radical (unpaired) electrons. The quantitative estimate of drug-likeness (QED) is 0.921. The van der Waals surface area contributed by atoms with Crippen molar-refractivity contribution in [3.05, 3.63) is 39.9 Å². The highest BCUT2D eigenvalue weighted by molar-refractivity contribution is 7.15. The van der Waals surface area contributed by atoms with Crippen molar-refractivity contribution in [1.29, 1.82) is 0 Å². The standard InChI is InChI=1S/C16H23N3S/c1-10(2)15-14(9-17)20-16(18-15)19(5)13-7-6-11(3)8-12(13)4/h6-8,10H,9,17H2,1-5H3. The van der Waals surface area contributed by atoms with Crippen LogP contribution in [0.15, 0.2) is 18.2 Å². The predicted molar refractivity (Wildman–Crippen MR) is 88.1 cm³/mol. The molecule has 0 saturated heterocycles. The van der Waals surface area contributed by atoms with Crippen molar-refractivity contribution in [3.8, 4) is 0 Å². The molecule has 0 atom stereocenters. The predicted octanol–water partition coefficient (Wildman–Crippen LogP) is 4.11. The summed E-state index contributed by atoms with van der Waals surface area (Å²) in [5.74, 6) is 0.408. The molecule has 0 unspecified atom stereocenters. The van der Waals surface area contributed by atoms with E-state index in [1.54, 1.807) is 11.3 Å². The second kappa shape index (κ2) is 5.94. The second-order valence-electron chi connectivity index (χ2n) is 5.51. The van der Waals surface area contributed by atoms with Crippen LogP contribution in [0.5, 0.6) is 0 Å². The van der Waals surface area contributed by atoms with Gasteiger partial charge in [-0.25, -0.2) is 4.98 Å². The van der Waals surface area contributed by atoms with E-state index >= 15 is 0 Å². The van der Waals surface area contributed by atoms with Crippen LogP contribution < -0.4 is 10.6 Å². The maximum absolute atomic E-state index is 5.84. The van der Waals surface area contributed by atoms with Crippen molar-refractivity contribution in [2.45, 2.75) is 40.2 Å². The fourth-order valence-corrected chi connectivity index (χ4v) is 3.45. The minimum Gasteiger partial charge on any atom is -0.326 e. The Bertz CT molecular complexity index is 602. The lowest BCUT2D eigenvalue weighted by molar-refractivity contribution is 0.811. The zero-order chi connectivity index (χ0) is 14.9. The number of anilines is 2. The highest BCUT2D eigenvalue weighted by Gasteiger charge is 2.17. The van der Waals surface area contributed by atoms with Crippen LogP contribution in [-0.2, 0) is 6.54 Å². The van der Waals surface area contributed by atoms with Crippen LogP contribution in [0.25, 0.3) is 0 Å². The maximum atomic E-state index is 5.84. The van der Waals surface area contributed by atoms with Gasteiger partial charge in [0, 0.05) is 24.2 Å². The highest BCUT2D eigenvalue weighted by atomic mass is 32.1. The van der Waals surface area contributed by atoms with Gasteiger partial charge in [0.1, 0.15) is 0 Å². The van der Waals surface area contributed by atoms with E-state index in [0.717, 1.165) is 10.8 Å². The summed E-state index contributed by atoms with van der Waals surface area (Å²) in [6.45, 7) is 9.14. The Balaban J connectivity index is 2.40. The Hall–Kier alpha value is -1.39. The average molecular weight is 289 g/mol. The number of hydrogen-bond acceptors (Lipinski definition) is 4. The summed E-state index contributed by atoms with van der Waals surface area (Å²) in [7, 11) is 2.07. The summed E-state index contributed by atoms with van der Waals surface area (Å²) in [5, 5.41) is 1.01. The molecule has 1 aromatic carbocycles. The van der Waals surface area contributed by atoms with Gasteiger partial charge in [0.05, 0.1) is 5.69 Å². The van der Waals surface area contributed by atoms with E-state index in [1.807, 2.05) is 0 Å². The Morgan fingerprint density at radius 1 is 1.30 bits per heavy atom. The Kier molecular flexibility index (Phi) is 4.45. The van der Waals surface area contributed by atoms with Gasteiger partial charge < -0.3 is 10.6 Å². The van der Waals surface area contributed by atoms with Crippen molar-refractivity contribution in [2.75, 3.05) is 11.9 Å². The molecule has 0 aliphatic heterocycles. The van der Waals surface area contributed by atoms with E-state index in [4.69, 9.17) is 10.7 Å². The number of aromatic nitrogens is 1. The second-order valence-corrected chi connectivity index (χ2v) is 6.57. The van der Waals surface area contributed by atoms with E-state index in [9.17, 15) is 0 Å². The van der Waals surface area contributed by atoms with Crippen LogP contribution in [0, 0.1) is 13.8 Å². The zero-order valence-corrected chi connectivity index (χ0v) is 13.7. The van der Waals surface area contributed by atoms with Crippen molar-refractivity contribution >= 4 is 22.2 Å². The summed E-state index contributed by atoms with van der Waals surface area (Å²) in [6, 6.07) is 6.50. The van der Waals surface area contributed by atoms with Crippen molar-refractivity contribution in [2.24, 2.45) is 5.73 Å². The Morgan fingerprint density at radius 2 is 2.00 bits per heavy atom. The first kappa shape index (κ1) is 15.0. The largest absolute Gasteiger partial charge is 0.326 e. The summed E-state index contributed by atoms with van der Waals surface area (Å²) < 4.78 is 0. The fourth-order valence-electron chi connectivity index (χ4n) is 2.38. The molecule has 0 spiro atoms. The summed E-state index contributed by atoms with van der Waals surface area (Å²) in [5.41, 5.74) is 10.7. The number of aryl methyl sites for hydroxylation is 2. The average Bonchev–Trinajstić information content (AvgIpc) is 2.82. The number of hydrogen-bond donors (Lipinski definition) is 1. The topological polar surface area (TPSA) is 42.2 Å². The molecular formula is C16H23N3S.